The number of hydrogen-bond donors (Lipinski definition) is 1. The van der Waals surface area contributed by atoms with Crippen LogP contribution in [0, 0.1) is 0 Å². The summed E-state index contributed by atoms with van der Waals surface area (Å²) in [6.45, 7) is 0.358. The highest BCUT2D eigenvalue weighted by Crippen LogP contribution is 2.24. The second-order valence-corrected chi connectivity index (χ2v) is 4.07. The van der Waals surface area contributed by atoms with Gasteiger partial charge in [-0.2, -0.15) is 4.98 Å². The predicted molar refractivity (Wildman–Crippen MR) is 68.9 cm³/mol. The molecule has 0 aliphatic heterocycles. The summed E-state index contributed by atoms with van der Waals surface area (Å²) in [7, 11) is 1.30. The van der Waals surface area contributed by atoms with E-state index in [-0.39, 0.29) is 0 Å². The van der Waals surface area contributed by atoms with Gasteiger partial charge in [0, 0.05) is 18.5 Å². The molecule has 2 rings (SSSR count). The lowest BCUT2D eigenvalue weighted by atomic mass is 10.2. The molecule has 0 atom stereocenters. The minimum absolute atomic E-state index is 0.358. The summed E-state index contributed by atoms with van der Waals surface area (Å²) in [5.41, 5.74) is 0.708. The first-order chi connectivity index (χ1) is 9.20. The van der Waals surface area contributed by atoms with Crippen molar-refractivity contribution in [2.45, 2.75) is 6.42 Å². The molecule has 1 N–H and O–H groups in total. The maximum atomic E-state index is 10.9. The summed E-state index contributed by atoms with van der Waals surface area (Å²) < 4.78 is 9.52. The number of ether oxygens (including phenoxy) is 1. The fourth-order valence-electron chi connectivity index (χ4n) is 1.45. The number of methoxy groups -OCH3 is 1. The van der Waals surface area contributed by atoms with Crippen molar-refractivity contribution in [1.29, 1.82) is 0 Å². The number of rotatable bonds is 4. The van der Waals surface area contributed by atoms with Crippen molar-refractivity contribution in [2.75, 3.05) is 13.7 Å². The SMILES string of the molecule is COC(=O)NCCc1nc(-c2ccccc2Cl)no1. The Morgan fingerprint density at radius 1 is 1.47 bits per heavy atom. The number of halogens is 1. The molecular formula is C12H12ClN3O3. The third-order valence-corrected chi connectivity index (χ3v) is 2.71. The van der Waals surface area contributed by atoms with Gasteiger partial charge in [0.25, 0.3) is 0 Å². The molecule has 0 unspecified atom stereocenters. The summed E-state index contributed by atoms with van der Waals surface area (Å²) in [5, 5.41) is 6.93. The van der Waals surface area contributed by atoms with Crippen molar-refractivity contribution in [1.82, 2.24) is 15.5 Å². The third kappa shape index (κ3) is 3.45. The molecule has 0 bridgehead atoms. The van der Waals surface area contributed by atoms with Crippen LogP contribution in [0.3, 0.4) is 0 Å². The lowest BCUT2D eigenvalue weighted by Gasteiger charge is -1.99. The number of aromatic nitrogens is 2. The molecule has 1 aromatic carbocycles. The number of nitrogens with zero attached hydrogens (tertiary/aromatic N) is 2. The molecule has 0 saturated heterocycles. The van der Waals surface area contributed by atoms with Gasteiger partial charge < -0.3 is 14.6 Å². The highest BCUT2D eigenvalue weighted by atomic mass is 35.5. The van der Waals surface area contributed by atoms with Gasteiger partial charge in [-0.15, -0.1) is 0 Å². The van der Waals surface area contributed by atoms with Crippen LogP contribution in [0.5, 0.6) is 0 Å². The van der Waals surface area contributed by atoms with Gasteiger partial charge in [-0.25, -0.2) is 4.79 Å². The molecule has 19 heavy (non-hydrogen) atoms. The maximum Gasteiger partial charge on any atom is 0.406 e. The van der Waals surface area contributed by atoms with E-state index >= 15 is 0 Å². The van der Waals surface area contributed by atoms with Crippen LogP contribution in [0.1, 0.15) is 5.89 Å². The van der Waals surface area contributed by atoms with Crippen molar-refractivity contribution < 1.29 is 14.1 Å². The standard InChI is InChI=1S/C12H12ClN3O3/c1-18-12(17)14-7-6-10-15-11(16-19-10)8-4-2-3-5-9(8)13/h2-5H,6-7H2,1H3,(H,14,17). The minimum Gasteiger partial charge on any atom is -0.453 e. The summed E-state index contributed by atoms with van der Waals surface area (Å²) in [4.78, 5) is 15.1. The molecule has 1 aromatic heterocycles. The number of carbonyl (C=O) groups excluding carboxylic acids is 1. The second-order valence-electron chi connectivity index (χ2n) is 3.66. The number of nitrogens with one attached hydrogen (secondary N) is 1. The van der Waals surface area contributed by atoms with E-state index in [1.807, 2.05) is 18.2 Å². The molecule has 6 nitrogen and oxygen atoms in total. The largest absolute Gasteiger partial charge is 0.453 e. The van der Waals surface area contributed by atoms with Gasteiger partial charge in [0.15, 0.2) is 0 Å². The summed E-state index contributed by atoms with van der Waals surface area (Å²) in [6.07, 6.45) is -0.0714. The van der Waals surface area contributed by atoms with E-state index in [1.165, 1.54) is 7.11 Å². The topological polar surface area (TPSA) is 77.2 Å². The first-order valence-electron chi connectivity index (χ1n) is 5.60. The maximum absolute atomic E-state index is 10.9. The minimum atomic E-state index is -0.495. The number of alkyl carbamates (subject to hydrolysis) is 1. The van der Waals surface area contributed by atoms with Crippen LogP contribution in [0.15, 0.2) is 28.8 Å². The second kappa shape index (κ2) is 6.19. The van der Waals surface area contributed by atoms with Crippen LogP contribution in [0.2, 0.25) is 5.02 Å². The zero-order valence-electron chi connectivity index (χ0n) is 10.2. The zero-order valence-corrected chi connectivity index (χ0v) is 11.0. The van der Waals surface area contributed by atoms with Crippen LogP contribution < -0.4 is 5.32 Å². The van der Waals surface area contributed by atoms with Crippen molar-refractivity contribution in [3.05, 3.63) is 35.2 Å². The van der Waals surface area contributed by atoms with E-state index in [9.17, 15) is 4.79 Å². The van der Waals surface area contributed by atoms with Crippen LogP contribution in [0.25, 0.3) is 11.4 Å². The Hall–Kier alpha value is -2.08. The smallest absolute Gasteiger partial charge is 0.406 e. The van der Waals surface area contributed by atoms with E-state index < -0.39 is 6.09 Å². The lowest BCUT2D eigenvalue weighted by molar-refractivity contribution is 0.171. The lowest BCUT2D eigenvalue weighted by Crippen LogP contribution is -2.25. The van der Waals surface area contributed by atoms with Gasteiger partial charge in [0.2, 0.25) is 11.7 Å². The van der Waals surface area contributed by atoms with Crippen LogP contribution >= 0.6 is 11.6 Å². The highest BCUT2D eigenvalue weighted by Gasteiger charge is 2.11. The van der Waals surface area contributed by atoms with Crippen molar-refractivity contribution in [3.63, 3.8) is 0 Å². The average Bonchev–Trinajstić information content (AvgIpc) is 2.87. The zero-order chi connectivity index (χ0) is 13.7. The fraction of sp³-hybridized carbons (Fsp3) is 0.250. The van der Waals surface area contributed by atoms with Crippen LogP contribution in [-0.4, -0.2) is 29.9 Å². The molecule has 0 aliphatic carbocycles. The molecule has 0 aliphatic rings. The first-order valence-corrected chi connectivity index (χ1v) is 5.98. The summed E-state index contributed by atoms with van der Waals surface area (Å²) in [5.74, 6) is 0.852. The van der Waals surface area contributed by atoms with Crippen molar-refractivity contribution in [2.24, 2.45) is 0 Å². The van der Waals surface area contributed by atoms with Crippen LogP contribution in [-0.2, 0) is 11.2 Å². The first kappa shape index (κ1) is 13.4. The Labute approximate surface area is 114 Å². The third-order valence-electron chi connectivity index (χ3n) is 2.38. The van der Waals surface area contributed by atoms with Gasteiger partial charge in [-0.1, -0.05) is 28.9 Å². The fourth-order valence-corrected chi connectivity index (χ4v) is 1.67. The average molecular weight is 282 g/mol. The van der Waals surface area contributed by atoms with Crippen molar-refractivity contribution in [3.8, 4) is 11.4 Å². The van der Waals surface area contributed by atoms with Gasteiger partial charge in [-0.3, -0.25) is 0 Å². The molecule has 0 radical (unpaired) electrons. The number of benzene rings is 1. The predicted octanol–water partition coefficient (Wildman–Crippen LogP) is 2.29. The molecule has 0 spiro atoms. The van der Waals surface area contributed by atoms with E-state index in [4.69, 9.17) is 16.1 Å². The Morgan fingerprint density at radius 2 is 2.26 bits per heavy atom. The van der Waals surface area contributed by atoms with Gasteiger partial charge in [-0.05, 0) is 12.1 Å². The molecule has 100 valence electrons. The Balaban J connectivity index is 2.00. The number of carbonyl (C=O) groups is 1. The number of amides is 1. The molecule has 0 fully saturated rings. The summed E-state index contributed by atoms with van der Waals surface area (Å²) in [6, 6.07) is 7.23. The van der Waals surface area contributed by atoms with E-state index in [0.717, 1.165) is 0 Å². The van der Waals surface area contributed by atoms with Gasteiger partial charge in [0.05, 0.1) is 12.1 Å². The Bertz CT molecular complexity index is 571. The monoisotopic (exact) mass is 281 g/mol. The van der Waals surface area contributed by atoms with E-state index in [1.54, 1.807) is 6.07 Å². The summed E-state index contributed by atoms with van der Waals surface area (Å²) >= 11 is 6.04. The van der Waals surface area contributed by atoms with Gasteiger partial charge in [0.1, 0.15) is 0 Å². The molecule has 2 aromatic rings. The highest BCUT2D eigenvalue weighted by molar-refractivity contribution is 6.33. The Kier molecular flexibility index (Phi) is 4.35. The quantitative estimate of drug-likeness (QED) is 0.930. The van der Waals surface area contributed by atoms with E-state index in [0.29, 0.717) is 35.3 Å². The van der Waals surface area contributed by atoms with E-state index in [2.05, 4.69) is 20.2 Å². The Morgan fingerprint density at radius 3 is 3.00 bits per heavy atom. The van der Waals surface area contributed by atoms with Gasteiger partial charge >= 0.3 is 6.09 Å². The molecule has 1 heterocycles. The molecular weight excluding hydrogens is 270 g/mol. The molecule has 0 saturated carbocycles. The van der Waals surface area contributed by atoms with Crippen molar-refractivity contribution >= 4 is 17.7 Å². The molecule has 7 heteroatoms. The van der Waals surface area contributed by atoms with Crippen LogP contribution in [0.4, 0.5) is 4.79 Å². The number of hydrogen-bond acceptors (Lipinski definition) is 5. The molecule has 1 amide bonds. The normalized spacial score (nSPS) is 10.2.